The number of hydrogen-bond acceptors (Lipinski definition) is 6. The number of thiazole rings is 1. The fourth-order valence-electron chi connectivity index (χ4n) is 2.32. The molecule has 0 aliphatic rings. The molecule has 2 aromatic heterocycles. The Morgan fingerprint density at radius 3 is 2.72 bits per heavy atom. The first kappa shape index (κ1) is 22.9. The van der Waals surface area contributed by atoms with Crippen molar-refractivity contribution in [3.05, 3.63) is 40.0 Å². The maximum atomic E-state index is 12.2. The predicted octanol–water partition coefficient (Wildman–Crippen LogP) is 3.39. The predicted molar refractivity (Wildman–Crippen MR) is 105 cm³/mol. The van der Waals surface area contributed by atoms with E-state index >= 15 is 0 Å². The van der Waals surface area contributed by atoms with Gasteiger partial charge in [0.1, 0.15) is 11.1 Å². The van der Waals surface area contributed by atoms with Crippen LogP contribution in [0.1, 0.15) is 29.3 Å². The molecule has 2 rings (SSSR count). The average Bonchev–Trinajstić information content (AvgIpc) is 3.15. The van der Waals surface area contributed by atoms with Crippen molar-refractivity contribution in [2.75, 3.05) is 27.8 Å². The molecule has 1 N–H and O–H groups in total. The van der Waals surface area contributed by atoms with Crippen molar-refractivity contribution in [1.29, 1.82) is 0 Å². The molecular weight excluding hydrogens is 407 g/mol. The molecule has 11 heteroatoms. The van der Waals surface area contributed by atoms with Gasteiger partial charge in [-0.15, -0.1) is 11.3 Å². The minimum atomic E-state index is -4.39. The fourth-order valence-corrected chi connectivity index (χ4v) is 3.17. The maximum absolute atomic E-state index is 12.2. The van der Waals surface area contributed by atoms with Gasteiger partial charge in [0.2, 0.25) is 5.88 Å². The van der Waals surface area contributed by atoms with Crippen molar-refractivity contribution < 1.29 is 22.6 Å². The molecule has 0 saturated carbocycles. The van der Waals surface area contributed by atoms with E-state index in [-0.39, 0.29) is 12.0 Å². The number of nitrogens with zero attached hydrogens (tertiary/aromatic N) is 4. The van der Waals surface area contributed by atoms with E-state index in [1.54, 1.807) is 31.6 Å². The molecule has 160 valence electrons. The van der Waals surface area contributed by atoms with E-state index in [1.807, 2.05) is 24.3 Å². The largest absolute Gasteiger partial charge is 0.468 e. The zero-order chi connectivity index (χ0) is 21.4. The topological polar surface area (TPSA) is 71.9 Å². The van der Waals surface area contributed by atoms with E-state index in [0.717, 1.165) is 16.3 Å². The number of ether oxygens (including phenoxy) is 2. The van der Waals surface area contributed by atoms with E-state index in [9.17, 15) is 13.2 Å². The van der Waals surface area contributed by atoms with Gasteiger partial charge in [0.25, 0.3) is 0 Å². The van der Waals surface area contributed by atoms with Gasteiger partial charge >= 0.3 is 6.18 Å². The summed E-state index contributed by atoms with van der Waals surface area (Å²) in [5.41, 5.74) is 1.69. The van der Waals surface area contributed by atoms with Gasteiger partial charge in [-0.25, -0.2) is 9.97 Å². The number of guanidine groups is 1. The van der Waals surface area contributed by atoms with Crippen LogP contribution in [0.3, 0.4) is 0 Å². The molecular formula is C18H24F3N5O2S. The van der Waals surface area contributed by atoms with Crippen LogP contribution in [-0.4, -0.2) is 54.8 Å². The van der Waals surface area contributed by atoms with Crippen molar-refractivity contribution in [3.63, 3.8) is 0 Å². The second-order valence-electron chi connectivity index (χ2n) is 6.22. The summed E-state index contributed by atoms with van der Waals surface area (Å²) in [5.74, 6) is 0.578. The summed E-state index contributed by atoms with van der Waals surface area (Å²) >= 11 is 1.55. The smallest absolute Gasteiger partial charge is 0.422 e. The summed E-state index contributed by atoms with van der Waals surface area (Å²) in [7, 11) is 5.21. The summed E-state index contributed by atoms with van der Waals surface area (Å²) in [4.78, 5) is 14.6. The lowest BCUT2D eigenvalue weighted by molar-refractivity contribution is -0.154. The summed E-state index contributed by atoms with van der Waals surface area (Å²) in [6, 6.07) is 3.06. The van der Waals surface area contributed by atoms with Gasteiger partial charge < -0.3 is 19.7 Å². The molecule has 1 unspecified atom stereocenters. The van der Waals surface area contributed by atoms with Crippen LogP contribution in [0.15, 0.2) is 28.7 Å². The van der Waals surface area contributed by atoms with Gasteiger partial charge in [0.15, 0.2) is 12.6 Å². The molecule has 0 bridgehead atoms. The fraction of sp³-hybridized carbons (Fsp3) is 0.500. The Kier molecular flexibility index (Phi) is 8.21. The lowest BCUT2D eigenvalue weighted by atomic mass is 10.3. The second-order valence-corrected chi connectivity index (χ2v) is 7.11. The van der Waals surface area contributed by atoms with Crippen LogP contribution < -0.4 is 10.1 Å². The number of rotatable bonds is 8. The van der Waals surface area contributed by atoms with Crippen LogP contribution in [0.5, 0.6) is 5.88 Å². The number of aliphatic imine (C=N–C) groups is 1. The molecule has 1 atom stereocenters. The number of halogens is 3. The maximum Gasteiger partial charge on any atom is 0.422 e. The van der Waals surface area contributed by atoms with Gasteiger partial charge in [-0.3, -0.25) is 4.99 Å². The highest BCUT2D eigenvalue weighted by atomic mass is 32.1. The second kappa shape index (κ2) is 10.4. The molecule has 0 amide bonds. The number of aromatic nitrogens is 2. The lowest BCUT2D eigenvalue weighted by Crippen LogP contribution is -2.38. The summed E-state index contributed by atoms with van der Waals surface area (Å²) in [6.07, 6.45) is -2.98. The van der Waals surface area contributed by atoms with E-state index in [0.29, 0.717) is 19.0 Å². The van der Waals surface area contributed by atoms with Crippen molar-refractivity contribution >= 4 is 17.3 Å². The number of methoxy groups -OCH3 is 1. The number of alkyl halides is 3. The van der Waals surface area contributed by atoms with E-state index < -0.39 is 12.8 Å². The van der Waals surface area contributed by atoms with Crippen molar-refractivity contribution in [2.24, 2.45) is 4.99 Å². The summed E-state index contributed by atoms with van der Waals surface area (Å²) in [5, 5.41) is 6.09. The molecule has 0 saturated heterocycles. The normalized spacial score (nSPS) is 13.3. The molecule has 7 nitrogen and oxygen atoms in total. The van der Waals surface area contributed by atoms with Crippen LogP contribution in [0.2, 0.25) is 0 Å². The van der Waals surface area contributed by atoms with Crippen LogP contribution in [0.4, 0.5) is 13.2 Å². The van der Waals surface area contributed by atoms with Crippen LogP contribution in [-0.2, 0) is 17.8 Å². The Labute approximate surface area is 171 Å². The Balaban J connectivity index is 1.87. The molecule has 2 aromatic rings. The van der Waals surface area contributed by atoms with Crippen molar-refractivity contribution in [3.8, 4) is 5.88 Å². The minimum Gasteiger partial charge on any atom is -0.468 e. The Morgan fingerprint density at radius 1 is 1.38 bits per heavy atom. The van der Waals surface area contributed by atoms with E-state index in [1.165, 1.54) is 12.3 Å². The Bertz CT molecular complexity index is 796. The molecule has 0 aliphatic carbocycles. The van der Waals surface area contributed by atoms with E-state index in [2.05, 4.69) is 25.0 Å². The zero-order valence-corrected chi connectivity index (χ0v) is 17.5. The summed E-state index contributed by atoms with van der Waals surface area (Å²) in [6.45, 7) is 1.55. The molecule has 0 fully saturated rings. The van der Waals surface area contributed by atoms with Crippen LogP contribution in [0, 0.1) is 0 Å². The number of hydrogen-bond donors (Lipinski definition) is 1. The van der Waals surface area contributed by atoms with Gasteiger partial charge in [0, 0.05) is 45.4 Å². The first-order chi connectivity index (χ1) is 13.7. The third-order valence-electron chi connectivity index (χ3n) is 3.88. The van der Waals surface area contributed by atoms with E-state index in [4.69, 9.17) is 4.74 Å². The lowest BCUT2D eigenvalue weighted by Gasteiger charge is -2.21. The zero-order valence-electron chi connectivity index (χ0n) is 16.7. The Hall–Kier alpha value is -2.40. The number of pyridine rings is 1. The molecule has 29 heavy (non-hydrogen) atoms. The minimum absolute atomic E-state index is 0.0490. The van der Waals surface area contributed by atoms with Crippen LogP contribution >= 0.6 is 11.3 Å². The molecule has 0 radical (unpaired) electrons. The first-order valence-corrected chi connectivity index (χ1v) is 9.63. The SMILES string of the molecule is CN=C(NCc1ccc(OCC(F)(F)F)nc1)N(C)Cc1csc(C(C)OC)n1. The quantitative estimate of drug-likeness (QED) is 0.510. The van der Waals surface area contributed by atoms with Gasteiger partial charge in [0.05, 0.1) is 12.2 Å². The third-order valence-corrected chi connectivity index (χ3v) is 4.93. The highest BCUT2D eigenvalue weighted by molar-refractivity contribution is 7.09. The average molecular weight is 431 g/mol. The highest BCUT2D eigenvalue weighted by Crippen LogP contribution is 2.21. The molecule has 0 aliphatic heterocycles. The van der Waals surface area contributed by atoms with Gasteiger partial charge in [-0.2, -0.15) is 13.2 Å². The third kappa shape index (κ3) is 7.50. The Morgan fingerprint density at radius 2 is 2.14 bits per heavy atom. The monoisotopic (exact) mass is 431 g/mol. The van der Waals surface area contributed by atoms with Crippen LogP contribution in [0.25, 0.3) is 0 Å². The summed E-state index contributed by atoms with van der Waals surface area (Å²) < 4.78 is 46.4. The van der Waals surface area contributed by atoms with Crippen molar-refractivity contribution in [1.82, 2.24) is 20.2 Å². The van der Waals surface area contributed by atoms with Gasteiger partial charge in [-0.1, -0.05) is 6.07 Å². The number of nitrogens with one attached hydrogen (secondary N) is 1. The molecule has 0 aromatic carbocycles. The first-order valence-electron chi connectivity index (χ1n) is 8.75. The van der Waals surface area contributed by atoms with Gasteiger partial charge in [-0.05, 0) is 12.5 Å². The van der Waals surface area contributed by atoms with Crippen molar-refractivity contribution in [2.45, 2.75) is 32.3 Å². The molecule has 0 spiro atoms. The standard InChI is InChI=1S/C18H24F3N5O2S/c1-12(27-4)16-25-14(10-29-16)9-26(3)17(22-2)24-8-13-5-6-15(23-7-13)28-11-18(19,20)21/h5-7,10,12H,8-9,11H2,1-4H3,(H,22,24). The highest BCUT2D eigenvalue weighted by Gasteiger charge is 2.28. The molecule has 2 heterocycles.